The second kappa shape index (κ2) is 33.1. The fourth-order valence-corrected chi connectivity index (χ4v) is 0. The van der Waals surface area contributed by atoms with Gasteiger partial charge in [0.05, 0.1) is 0 Å². The van der Waals surface area contributed by atoms with E-state index in [1.165, 1.54) is 0 Å². The minimum absolute atomic E-state index is 0. The summed E-state index contributed by atoms with van der Waals surface area (Å²) in [6, 6.07) is 0. The molecule has 0 fully saturated rings. The molecule has 0 aliphatic carbocycles. The molecule has 0 aromatic carbocycles. The molecule has 0 heterocycles. The van der Waals surface area contributed by atoms with Gasteiger partial charge in [-0.05, 0) is 0 Å². The molecule has 0 aliphatic rings. The molecule has 1 nitrogen and oxygen atoms in total. The zero-order chi connectivity index (χ0) is 2.00. The minimum atomic E-state index is 0. The molecular weight excluding hydrogens is 171 g/mol. The van der Waals surface area contributed by atoms with Crippen LogP contribution in [0.3, 0.4) is 0 Å². The summed E-state index contributed by atoms with van der Waals surface area (Å²) in [4.78, 5) is 0. The van der Waals surface area contributed by atoms with Crippen LogP contribution >= 0.6 is 0 Å². The van der Waals surface area contributed by atoms with E-state index in [0.717, 1.165) is 20.4 Å². The molecule has 0 aliphatic heterocycles. The fourth-order valence-electron chi connectivity index (χ4n) is 0. The van der Waals surface area contributed by atoms with Crippen LogP contribution in [0.4, 0.5) is 0 Å². The van der Waals surface area contributed by atoms with Crippen LogP contribution in [0.2, 0.25) is 0 Å². The molecule has 5 heavy (non-hydrogen) atoms. The molecule has 0 aromatic heterocycles. The van der Waals surface area contributed by atoms with Gasteiger partial charge in [-0.1, -0.05) is 0 Å². The van der Waals surface area contributed by atoms with Gasteiger partial charge in [0.2, 0.25) is 0 Å². The normalized spacial score (nSPS) is 0.600. The van der Waals surface area contributed by atoms with Crippen LogP contribution in [0.15, 0.2) is 0 Å². The van der Waals surface area contributed by atoms with Crippen LogP contribution in [-0.4, -0.2) is 40.4 Å². The fraction of sp³-hybridized carbons (Fsp3) is 0. The summed E-state index contributed by atoms with van der Waals surface area (Å²) in [7, 11) is 0. The summed E-state index contributed by atoms with van der Waals surface area (Å²) in [5.41, 5.74) is 0. The standard InChI is InChI=1S/Al.Fe.Mg.O.Ti.5H/q;;+2;;;;;;2*-1. The summed E-state index contributed by atoms with van der Waals surface area (Å²) < 4.78 is 8.25. The molecule has 0 aromatic rings. The van der Waals surface area contributed by atoms with Gasteiger partial charge in [-0.25, -0.2) is 0 Å². The van der Waals surface area contributed by atoms with E-state index >= 15 is 0 Å². The van der Waals surface area contributed by atoms with Crippen molar-refractivity contribution in [3.05, 3.63) is 0 Å². The summed E-state index contributed by atoms with van der Waals surface area (Å²) in [6.45, 7) is 0. The van der Waals surface area contributed by atoms with Crippen LogP contribution < -0.4 is 0 Å². The van der Waals surface area contributed by atoms with Crippen molar-refractivity contribution in [2.75, 3.05) is 0 Å². The molecule has 0 spiro atoms. The van der Waals surface area contributed by atoms with Crippen LogP contribution in [0.1, 0.15) is 2.85 Å². The summed E-state index contributed by atoms with van der Waals surface area (Å²) in [5, 5.41) is 0. The Kier molecular flexibility index (Phi) is 175. The summed E-state index contributed by atoms with van der Waals surface area (Å²) in [5.74, 6) is 0. The Morgan fingerprint density at radius 3 is 1.40 bits per heavy atom. The first-order valence-electron chi connectivity index (χ1n) is 0.204. The Morgan fingerprint density at radius 1 is 1.40 bits per heavy atom. The second-order valence-corrected chi connectivity index (χ2v) is 0. The van der Waals surface area contributed by atoms with Crippen molar-refractivity contribution in [3.8, 4) is 0 Å². The van der Waals surface area contributed by atoms with Crippen molar-refractivity contribution in [1.82, 2.24) is 0 Å². The van der Waals surface area contributed by atoms with Crippen LogP contribution in [0, 0.1) is 0 Å². The van der Waals surface area contributed by atoms with Gasteiger partial charge in [-0.15, -0.1) is 0 Å². The van der Waals surface area contributed by atoms with Gasteiger partial charge < -0.3 is 2.85 Å². The van der Waals surface area contributed by atoms with Gasteiger partial charge in [0.15, 0.2) is 17.4 Å². The third kappa shape index (κ3) is 21.8. The third-order valence-corrected chi connectivity index (χ3v) is 0. The van der Waals surface area contributed by atoms with Gasteiger partial charge >= 0.3 is 46.8 Å². The van der Waals surface area contributed by atoms with Crippen molar-refractivity contribution >= 4 is 40.4 Å². The Hall–Kier alpha value is 2.33. The SMILES string of the molecule is [AlH3].[Fe].[H-].[H-].[Mg+2].[O]=[Ti]. The van der Waals surface area contributed by atoms with E-state index in [1.54, 1.807) is 0 Å². The Bertz CT molecular complexity index is 17.7. The van der Waals surface area contributed by atoms with E-state index in [9.17, 15) is 0 Å². The first kappa shape index (κ1) is 26.5. The number of rotatable bonds is 0. The molecule has 0 rings (SSSR count). The third-order valence-electron chi connectivity index (χ3n) is 0. The first-order valence-corrected chi connectivity index (χ1v) is 0.842. The number of hydrogen-bond donors (Lipinski definition) is 0. The van der Waals surface area contributed by atoms with Gasteiger partial charge in [0.1, 0.15) is 0 Å². The maximum atomic E-state index is 8.25. The van der Waals surface area contributed by atoms with E-state index in [-0.39, 0.29) is 60.3 Å². The molecule has 0 saturated carbocycles. The van der Waals surface area contributed by atoms with Crippen LogP contribution in [0.5, 0.6) is 0 Å². The van der Waals surface area contributed by atoms with Gasteiger partial charge in [0, 0.05) is 17.1 Å². The average molecular weight is 176 g/mol. The van der Waals surface area contributed by atoms with Crippen LogP contribution in [0.25, 0.3) is 0 Å². The molecule has 0 bridgehead atoms. The van der Waals surface area contributed by atoms with E-state index < -0.39 is 0 Å². The van der Waals surface area contributed by atoms with Crippen molar-refractivity contribution in [1.29, 1.82) is 0 Å². The molecule has 28 valence electrons. The molecule has 0 unspecified atom stereocenters. The second-order valence-electron chi connectivity index (χ2n) is 0. The summed E-state index contributed by atoms with van der Waals surface area (Å²) in [6.07, 6.45) is 0. The Morgan fingerprint density at radius 2 is 1.40 bits per heavy atom. The van der Waals surface area contributed by atoms with E-state index in [1.807, 2.05) is 0 Å². The van der Waals surface area contributed by atoms with Crippen molar-refractivity contribution in [2.45, 2.75) is 0 Å². The molecule has 0 saturated heterocycles. The van der Waals surface area contributed by atoms with Crippen molar-refractivity contribution in [3.63, 3.8) is 0 Å². The predicted molar refractivity (Wildman–Crippen MR) is 18.6 cm³/mol. The Balaban J connectivity index is -0.000000000500. The van der Waals surface area contributed by atoms with Gasteiger partial charge in [0.25, 0.3) is 0 Å². The van der Waals surface area contributed by atoms with E-state index in [0.29, 0.717) is 0 Å². The first-order chi connectivity index (χ1) is 1.00. The molecule has 0 radical (unpaired) electrons. The molecule has 0 amide bonds. The summed E-state index contributed by atoms with van der Waals surface area (Å²) >= 11 is 0.750. The topological polar surface area (TPSA) is 17.1 Å². The Labute approximate surface area is 83.1 Å². The molecule has 0 N–H and O–H groups in total. The van der Waals surface area contributed by atoms with E-state index in [2.05, 4.69) is 0 Å². The zero-order valence-corrected chi connectivity index (χ0v) is 6.05. The predicted octanol–water partition coefficient (Wildman–Crippen LogP) is -1.46. The van der Waals surface area contributed by atoms with Crippen molar-refractivity contribution < 1.29 is 43.7 Å². The van der Waals surface area contributed by atoms with Crippen molar-refractivity contribution in [2.24, 2.45) is 0 Å². The van der Waals surface area contributed by atoms with E-state index in [4.69, 9.17) is 3.32 Å². The molecular formula is H5AlFeMgOTi. The van der Waals surface area contributed by atoms with Crippen LogP contribution in [-0.2, 0) is 40.8 Å². The molecule has 5 heteroatoms. The average Bonchev–Trinajstić information content (AvgIpc) is 1.00. The van der Waals surface area contributed by atoms with Gasteiger partial charge in [-0.3, -0.25) is 0 Å². The van der Waals surface area contributed by atoms with Gasteiger partial charge in [-0.2, -0.15) is 0 Å². The quantitative estimate of drug-likeness (QED) is 0.412. The zero-order valence-electron chi connectivity index (χ0n) is 3.97. The maximum absolute atomic E-state index is 8.25. The monoisotopic (exact) mass is 176 g/mol. The number of hydrogen-bond acceptors (Lipinski definition) is 1. The molecule has 0 atom stereocenters.